The summed E-state index contributed by atoms with van der Waals surface area (Å²) in [6.45, 7) is 5.61. The molecular formula is C21H38O3. The largest absolute Gasteiger partial charge is 0.432 e. The average molecular weight is 339 g/mol. The lowest BCUT2D eigenvalue weighted by molar-refractivity contribution is -0.160. The van der Waals surface area contributed by atoms with Crippen LogP contribution in [-0.4, -0.2) is 17.4 Å². The van der Waals surface area contributed by atoms with Gasteiger partial charge in [0.2, 0.25) is 6.29 Å². The Balaban J connectivity index is 3.23. The van der Waals surface area contributed by atoms with Gasteiger partial charge in [0.25, 0.3) is 0 Å². The monoisotopic (exact) mass is 338 g/mol. The zero-order valence-electron chi connectivity index (χ0n) is 15.7. The predicted octanol–water partition coefficient (Wildman–Crippen LogP) is 6.07. The molecule has 1 atom stereocenters. The van der Waals surface area contributed by atoms with Gasteiger partial charge in [-0.15, -0.1) is 0 Å². The van der Waals surface area contributed by atoms with Crippen molar-refractivity contribution in [3.05, 3.63) is 24.8 Å². The molecule has 0 fully saturated rings. The Morgan fingerprint density at radius 1 is 0.917 bits per heavy atom. The van der Waals surface area contributed by atoms with E-state index in [0.29, 0.717) is 6.42 Å². The van der Waals surface area contributed by atoms with Crippen LogP contribution in [0.5, 0.6) is 0 Å². The Bertz CT molecular complexity index is 323. The molecule has 140 valence electrons. The predicted molar refractivity (Wildman–Crippen MR) is 102 cm³/mol. The number of esters is 1. The summed E-state index contributed by atoms with van der Waals surface area (Å²) in [6, 6.07) is 0. The van der Waals surface area contributed by atoms with Gasteiger partial charge in [-0.25, -0.2) is 0 Å². The lowest BCUT2D eigenvalue weighted by atomic mass is 10.1. The maximum atomic E-state index is 11.3. The minimum Gasteiger partial charge on any atom is -0.432 e. The lowest BCUT2D eigenvalue weighted by Gasteiger charge is -2.07. The summed E-state index contributed by atoms with van der Waals surface area (Å²) in [7, 11) is 0. The van der Waals surface area contributed by atoms with Crippen molar-refractivity contribution in [3.63, 3.8) is 0 Å². The fourth-order valence-electron chi connectivity index (χ4n) is 2.58. The van der Waals surface area contributed by atoms with Crippen LogP contribution in [0.2, 0.25) is 0 Å². The zero-order valence-corrected chi connectivity index (χ0v) is 15.7. The highest BCUT2D eigenvalue weighted by Crippen LogP contribution is 2.10. The molecule has 0 heterocycles. The maximum Gasteiger partial charge on any atom is 0.308 e. The van der Waals surface area contributed by atoms with Crippen LogP contribution in [0.4, 0.5) is 0 Å². The van der Waals surface area contributed by atoms with E-state index >= 15 is 0 Å². The van der Waals surface area contributed by atoms with E-state index in [9.17, 15) is 4.79 Å². The quantitative estimate of drug-likeness (QED) is 0.151. The highest BCUT2D eigenvalue weighted by Gasteiger charge is 2.06. The number of unbranched alkanes of at least 4 members (excludes halogenated alkanes) is 11. The van der Waals surface area contributed by atoms with Crippen LogP contribution < -0.4 is 0 Å². The summed E-state index contributed by atoms with van der Waals surface area (Å²) < 4.78 is 4.71. The molecule has 3 heteroatoms. The van der Waals surface area contributed by atoms with Crippen molar-refractivity contribution < 1.29 is 14.6 Å². The van der Waals surface area contributed by atoms with Crippen LogP contribution in [0.1, 0.15) is 96.8 Å². The van der Waals surface area contributed by atoms with Crippen molar-refractivity contribution in [3.8, 4) is 0 Å². The molecule has 0 aromatic heterocycles. The SMILES string of the molecule is C=CC(O)OC(=O)CCCCCCC/C=C\CCCCCCCC. The van der Waals surface area contributed by atoms with Crippen molar-refractivity contribution in [2.45, 2.75) is 103 Å². The molecule has 0 bridgehead atoms. The molecule has 0 saturated heterocycles. The topological polar surface area (TPSA) is 46.5 Å². The second-order valence-corrected chi connectivity index (χ2v) is 6.45. The molecule has 0 aliphatic rings. The first kappa shape index (κ1) is 22.9. The number of ether oxygens (including phenoxy) is 1. The highest BCUT2D eigenvalue weighted by molar-refractivity contribution is 5.69. The Hall–Kier alpha value is -1.09. The van der Waals surface area contributed by atoms with Crippen molar-refractivity contribution >= 4 is 5.97 Å². The third kappa shape index (κ3) is 17.3. The Labute approximate surface area is 149 Å². The lowest BCUT2D eigenvalue weighted by Crippen LogP contribution is -2.14. The van der Waals surface area contributed by atoms with Gasteiger partial charge < -0.3 is 9.84 Å². The molecule has 3 nitrogen and oxygen atoms in total. The number of rotatable bonds is 17. The molecule has 24 heavy (non-hydrogen) atoms. The normalized spacial score (nSPS) is 12.4. The van der Waals surface area contributed by atoms with Gasteiger partial charge in [-0.3, -0.25) is 4.79 Å². The highest BCUT2D eigenvalue weighted by atomic mass is 16.6. The average Bonchev–Trinajstić information content (AvgIpc) is 2.58. The van der Waals surface area contributed by atoms with E-state index in [1.807, 2.05) is 0 Å². The van der Waals surface area contributed by atoms with E-state index in [0.717, 1.165) is 19.3 Å². The second-order valence-electron chi connectivity index (χ2n) is 6.45. The standard InChI is InChI=1S/C21H38O3/c1-3-5-6-7-8-9-10-11-12-13-14-15-16-17-18-19-21(23)24-20(22)4-2/h4,11-12,20,22H,2-3,5-10,13-19H2,1H3/b12-11-. The fourth-order valence-corrected chi connectivity index (χ4v) is 2.58. The molecule has 0 aromatic carbocycles. The third-order valence-corrected chi connectivity index (χ3v) is 4.10. The number of hydrogen-bond acceptors (Lipinski definition) is 3. The van der Waals surface area contributed by atoms with Crippen LogP contribution in [-0.2, 0) is 9.53 Å². The van der Waals surface area contributed by atoms with Gasteiger partial charge in [0.05, 0.1) is 0 Å². The van der Waals surface area contributed by atoms with Gasteiger partial charge >= 0.3 is 5.97 Å². The summed E-state index contributed by atoms with van der Waals surface area (Å²) in [6.07, 6.45) is 21.1. The molecule has 1 N–H and O–H groups in total. The van der Waals surface area contributed by atoms with Crippen molar-refractivity contribution in [2.24, 2.45) is 0 Å². The zero-order chi connectivity index (χ0) is 17.9. The summed E-state index contributed by atoms with van der Waals surface area (Å²) in [5, 5.41) is 9.09. The Morgan fingerprint density at radius 3 is 1.96 bits per heavy atom. The van der Waals surface area contributed by atoms with Crippen LogP contribution in [0, 0.1) is 0 Å². The third-order valence-electron chi connectivity index (χ3n) is 4.10. The van der Waals surface area contributed by atoms with Gasteiger partial charge in [-0.1, -0.05) is 77.0 Å². The second kappa shape index (κ2) is 18.3. The van der Waals surface area contributed by atoms with Gasteiger partial charge in [0.15, 0.2) is 0 Å². The summed E-state index contributed by atoms with van der Waals surface area (Å²) in [5.41, 5.74) is 0. The minimum atomic E-state index is -1.17. The summed E-state index contributed by atoms with van der Waals surface area (Å²) in [5.74, 6) is -0.347. The van der Waals surface area contributed by atoms with E-state index < -0.39 is 6.29 Å². The first-order valence-electron chi connectivity index (χ1n) is 9.85. The molecule has 0 rings (SSSR count). The van der Waals surface area contributed by atoms with E-state index in [4.69, 9.17) is 9.84 Å². The maximum absolute atomic E-state index is 11.3. The molecule has 1 unspecified atom stereocenters. The number of hydrogen-bond donors (Lipinski definition) is 1. The number of carbonyl (C=O) groups excluding carboxylic acids is 1. The summed E-state index contributed by atoms with van der Waals surface area (Å²) in [4.78, 5) is 11.3. The van der Waals surface area contributed by atoms with Gasteiger partial charge in [-0.05, 0) is 38.2 Å². The first-order valence-corrected chi connectivity index (χ1v) is 9.85. The molecule has 0 amide bonds. The minimum absolute atomic E-state index is 0.347. The summed E-state index contributed by atoms with van der Waals surface area (Å²) >= 11 is 0. The van der Waals surface area contributed by atoms with Crippen molar-refractivity contribution in [1.29, 1.82) is 0 Å². The van der Waals surface area contributed by atoms with Crippen molar-refractivity contribution in [2.75, 3.05) is 0 Å². The number of aliphatic hydroxyl groups excluding tert-OH is 1. The van der Waals surface area contributed by atoms with Crippen LogP contribution in [0.25, 0.3) is 0 Å². The molecular weight excluding hydrogens is 300 g/mol. The Morgan fingerprint density at radius 2 is 1.42 bits per heavy atom. The fraction of sp³-hybridized carbons (Fsp3) is 0.762. The van der Waals surface area contributed by atoms with E-state index in [2.05, 4.69) is 25.7 Å². The van der Waals surface area contributed by atoms with E-state index in [-0.39, 0.29) is 5.97 Å². The molecule has 0 saturated carbocycles. The van der Waals surface area contributed by atoms with Crippen LogP contribution in [0.15, 0.2) is 24.8 Å². The van der Waals surface area contributed by atoms with Crippen LogP contribution in [0.3, 0.4) is 0 Å². The number of carbonyl (C=O) groups is 1. The molecule has 0 aliphatic carbocycles. The number of allylic oxidation sites excluding steroid dienone is 2. The first-order chi connectivity index (χ1) is 11.7. The van der Waals surface area contributed by atoms with E-state index in [1.165, 1.54) is 70.3 Å². The van der Waals surface area contributed by atoms with Crippen LogP contribution >= 0.6 is 0 Å². The Kier molecular flexibility index (Phi) is 17.4. The molecule has 0 aliphatic heterocycles. The molecule has 0 spiro atoms. The van der Waals surface area contributed by atoms with Crippen molar-refractivity contribution in [1.82, 2.24) is 0 Å². The van der Waals surface area contributed by atoms with Gasteiger partial charge in [0.1, 0.15) is 0 Å². The molecule has 0 aromatic rings. The van der Waals surface area contributed by atoms with E-state index in [1.54, 1.807) is 0 Å². The van der Waals surface area contributed by atoms with Gasteiger partial charge in [-0.2, -0.15) is 0 Å². The smallest absolute Gasteiger partial charge is 0.308 e. The molecule has 0 radical (unpaired) electrons. The number of aliphatic hydroxyl groups is 1. The van der Waals surface area contributed by atoms with Gasteiger partial charge in [0, 0.05) is 6.42 Å².